The fourth-order valence-electron chi connectivity index (χ4n) is 3.11. The highest BCUT2D eigenvalue weighted by Gasteiger charge is 2.19. The Morgan fingerprint density at radius 1 is 0.917 bits per heavy atom. The SMILES string of the molecule is Cc1ccc([N+](=O)[O-])cc1NC(=O)CSc1cccc(NC(=O)c2ccc(C(=O)O)cc2C(=O)O)c1. The minimum atomic E-state index is -1.45. The molecule has 184 valence electrons. The molecule has 3 rings (SSSR count). The Balaban J connectivity index is 1.67. The summed E-state index contributed by atoms with van der Waals surface area (Å²) in [6.45, 7) is 1.71. The maximum atomic E-state index is 12.7. The van der Waals surface area contributed by atoms with Crippen molar-refractivity contribution < 1.29 is 34.3 Å². The van der Waals surface area contributed by atoms with E-state index in [4.69, 9.17) is 5.11 Å². The molecule has 0 aliphatic rings. The Hall–Kier alpha value is -4.71. The van der Waals surface area contributed by atoms with E-state index in [1.165, 1.54) is 18.2 Å². The fraction of sp³-hybridized carbons (Fsp3) is 0.0833. The third kappa shape index (κ3) is 6.45. The van der Waals surface area contributed by atoms with Crippen molar-refractivity contribution in [3.8, 4) is 0 Å². The van der Waals surface area contributed by atoms with E-state index < -0.39 is 28.3 Å². The van der Waals surface area contributed by atoms with Gasteiger partial charge in [-0.05, 0) is 48.9 Å². The Morgan fingerprint density at radius 2 is 1.67 bits per heavy atom. The predicted octanol–water partition coefficient (Wildman–Crippen LogP) is 4.28. The van der Waals surface area contributed by atoms with Crippen LogP contribution in [0.4, 0.5) is 17.1 Å². The molecule has 0 fully saturated rings. The Kier molecular flexibility index (Phi) is 8.02. The zero-order chi connectivity index (χ0) is 26.4. The van der Waals surface area contributed by atoms with Crippen LogP contribution in [0.3, 0.4) is 0 Å². The van der Waals surface area contributed by atoms with Gasteiger partial charge in [-0.15, -0.1) is 11.8 Å². The van der Waals surface area contributed by atoms with Gasteiger partial charge in [0.15, 0.2) is 0 Å². The van der Waals surface area contributed by atoms with Gasteiger partial charge >= 0.3 is 11.9 Å². The molecule has 0 saturated heterocycles. The summed E-state index contributed by atoms with van der Waals surface area (Å²) >= 11 is 1.16. The molecule has 0 saturated carbocycles. The van der Waals surface area contributed by atoms with Crippen LogP contribution >= 0.6 is 11.8 Å². The molecule has 3 aromatic carbocycles. The Labute approximate surface area is 208 Å². The number of nitro groups is 1. The van der Waals surface area contributed by atoms with Gasteiger partial charge in [0.05, 0.1) is 33.1 Å². The molecule has 4 N–H and O–H groups in total. The largest absolute Gasteiger partial charge is 0.478 e. The summed E-state index contributed by atoms with van der Waals surface area (Å²) in [6, 6.07) is 13.8. The lowest BCUT2D eigenvalue weighted by Gasteiger charge is -2.10. The number of carbonyl (C=O) groups is 4. The van der Waals surface area contributed by atoms with Crippen LogP contribution in [0.15, 0.2) is 65.6 Å². The van der Waals surface area contributed by atoms with E-state index in [0.717, 1.165) is 30.0 Å². The van der Waals surface area contributed by atoms with Gasteiger partial charge in [-0.1, -0.05) is 12.1 Å². The summed E-state index contributed by atoms with van der Waals surface area (Å²) in [7, 11) is 0. The second-order valence-electron chi connectivity index (χ2n) is 7.45. The normalized spacial score (nSPS) is 10.4. The number of hydrogen-bond acceptors (Lipinski definition) is 7. The number of benzene rings is 3. The highest BCUT2D eigenvalue weighted by Crippen LogP contribution is 2.25. The number of non-ortho nitro benzene ring substituents is 1. The molecule has 0 atom stereocenters. The number of thioether (sulfide) groups is 1. The van der Waals surface area contributed by atoms with Gasteiger partial charge in [0.1, 0.15) is 0 Å². The summed E-state index contributed by atoms with van der Waals surface area (Å²) in [4.78, 5) is 58.7. The summed E-state index contributed by atoms with van der Waals surface area (Å²) < 4.78 is 0. The second-order valence-corrected chi connectivity index (χ2v) is 8.49. The molecule has 0 aliphatic heterocycles. The number of carboxylic acids is 2. The van der Waals surface area contributed by atoms with Crippen molar-refractivity contribution in [1.82, 2.24) is 0 Å². The lowest BCUT2D eigenvalue weighted by atomic mass is 10.0. The number of nitrogens with one attached hydrogen (secondary N) is 2. The van der Waals surface area contributed by atoms with E-state index in [9.17, 15) is 34.4 Å². The number of nitro benzene ring substituents is 1. The molecular weight excluding hydrogens is 490 g/mol. The zero-order valence-corrected chi connectivity index (χ0v) is 19.5. The first-order valence-corrected chi connectivity index (χ1v) is 11.2. The summed E-state index contributed by atoms with van der Waals surface area (Å²) in [5, 5.41) is 34.6. The van der Waals surface area contributed by atoms with Crippen molar-refractivity contribution >= 4 is 52.6 Å². The molecule has 0 radical (unpaired) electrons. The molecule has 3 aromatic rings. The number of amides is 2. The van der Waals surface area contributed by atoms with Gasteiger partial charge in [0.25, 0.3) is 11.6 Å². The first-order valence-electron chi connectivity index (χ1n) is 10.2. The smallest absolute Gasteiger partial charge is 0.336 e. The summed E-state index contributed by atoms with van der Waals surface area (Å²) in [5.41, 5.74) is 0.262. The number of carbonyl (C=O) groups excluding carboxylic acids is 2. The van der Waals surface area contributed by atoms with Crippen molar-refractivity contribution in [3.05, 3.63) is 93.0 Å². The van der Waals surface area contributed by atoms with E-state index in [-0.39, 0.29) is 28.5 Å². The highest BCUT2D eigenvalue weighted by atomic mass is 32.2. The number of aromatic carboxylic acids is 2. The number of aryl methyl sites for hydroxylation is 1. The van der Waals surface area contributed by atoms with Crippen molar-refractivity contribution in [1.29, 1.82) is 0 Å². The minimum Gasteiger partial charge on any atom is -0.478 e. The molecule has 0 spiro atoms. The van der Waals surface area contributed by atoms with Gasteiger partial charge in [0.2, 0.25) is 5.91 Å². The van der Waals surface area contributed by atoms with E-state index in [1.54, 1.807) is 31.2 Å². The maximum absolute atomic E-state index is 12.7. The molecule has 0 aromatic heterocycles. The number of anilines is 2. The first-order chi connectivity index (χ1) is 17.0. The average molecular weight is 509 g/mol. The lowest BCUT2D eigenvalue weighted by molar-refractivity contribution is -0.384. The fourth-order valence-corrected chi connectivity index (χ4v) is 3.86. The van der Waals surface area contributed by atoms with Crippen LogP contribution in [0.1, 0.15) is 36.6 Å². The van der Waals surface area contributed by atoms with E-state index in [1.807, 2.05) is 0 Å². The molecule has 0 unspecified atom stereocenters. The van der Waals surface area contributed by atoms with Crippen LogP contribution in [0.5, 0.6) is 0 Å². The number of rotatable bonds is 9. The number of hydrogen-bond donors (Lipinski definition) is 4. The molecule has 12 heteroatoms. The van der Waals surface area contributed by atoms with Crippen molar-refractivity contribution in [3.63, 3.8) is 0 Å². The Bertz CT molecular complexity index is 1390. The van der Waals surface area contributed by atoms with Crippen molar-refractivity contribution in [2.24, 2.45) is 0 Å². The van der Waals surface area contributed by atoms with E-state index in [0.29, 0.717) is 21.8 Å². The van der Waals surface area contributed by atoms with Gasteiger partial charge in [-0.3, -0.25) is 19.7 Å². The third-order valence-electron chi connectivity index (χ3n) is 4.91. The molecule has 11 nitrogen and oxygen atoms in total. The average Bonchev–Trinajstić information content (AvgIpc) is 2.83. The van der Waals surface area contributed by atoms with Crippen molar-refractivity contribution in [2.45, 2.75) is 11.8 Å². The van der Waals surface area contributed by atoms with Gasteiger partial charge in [0, 0.05) is 22.7 Å². The van der Waals surface area contributed by atoms with Gasteiger partial charge in [-0.25, -0.2) is 9.59 Å². The molecule has 0 bridgehead atoms. The van der Waals surface area contributed by atoms with Crippen LogP contribution in [0, 0.1) is 17.0 Å². The summed E-state index contributed by atoms with van der Waals surface area (Å²) in [5.74, 6) is -3.91. The number of carboxylic acid groups (broad SMARTS) is 2. The number of nitrogens with zero attached hydrogens (tertiary/aromatic N) is 1. The van der Waals surface area contributed by atoms with Crippen LogP contribution in [-0.2, 0) is 4.79 Å². The van der Waals surface area contributed by atoms with Crippen LogP contribution < -0.4 is 10.6 Å². The Morgan fingerprint density at radius 3 is 2.33 bits per heavy atom. The molecule has 0 heterocycles. The van der Waals surface area contributed by atoms with Gasteiger partial charge in [-0.2, -0.15) is 0 Å². The molecule has 36 heavy (non-hydrogen) atoms. The molecule has 2 amide bonds. The standard InChI is InChI=1S/C24H19N3O8S/c1-13-5-7-16(27(34)35)11-20(13)26-21(28)12-36-17-4-2-3-15(10-17)25-22(29)18-8-6-14(23(30)31)9-19(18)24(32)33/h2-11H,12H2,1H3,(H,25,29)(H,26,28)(H,30,31)(H,32,33). The van der Waals surface area contributed by atoms with Crippen molar-refractivity contribution in [2.75, 3.05) is 16.4 Å². The second kappa shape index (κ2) is 11.1. The first kappa shape index (κ1) is 25.9. The van der Waals surface area contributed by atoms with Crippen LogP contribution in [0.25, 0.3) is 0 Å². The molecule has 0 aliphatic carbocycles. The molecular formula is C24H19N3O8S. The van der Waals surface area contributed by atoms with E-state index >= 15 is 0 Å². The summed E-state index contributed by atoms with van der Waals surface area (Å²) in [6.07, 6.45) is 0. The topological polar surface area (TPSA) is 176 Å². The minimum absolute atomic E-state index is 0.0145. The van der Waals surface area contributed by atoms with Gasteiger partial charge < -0.3 is 20.8 Å². The quantitative estimate of drug-likeness (QED) is 0.186. The lowest BCUT2D eigenvalue weighted by Crippen LogP contribution is -2.17. The van der Waals surface area contributed by atoms with Crippen LogP contribution in [0.2, 0.25) is 0 Å². The monoisotopic (exact) mass is 509 g/mol. The zero-order valence-electron chi connectivity index (χ0n) is 18.7. The highest BCUT2D eigenvalue weighted by molar-refractivity contribution is 8.00. The van der Waals surface area contributed by atoms with Crippen LogP contribution in [-0.4, -0.2) is 44.6 Å². The van der Waals surface area contributed by atoms with E-state index in [2.05, 4.69) is 10.6 Å². The maximum Gasteiger partial charge on any atom is 0.336 e. The predicted molar refractivity (Wildman–Crippen MR) is 132 cm³/mol. The third-order valence-corrected chi connectivity index (χ3v) is 5.90.